The molecule has 0 fully saturated rings. The number of carbonyl (C=O) groups excluding carboxylic acids is 1. The largest absolute Gasteiger partial charge is 0.324 e. The number of rotatable bonds is 5. The molecule has 0 atom stereocenters. The number of aliphatic imine (C=N–C) groups is 1. The molecule has 1 amide bonds. The van der Waals surface area contributed by atoms with Gasteiger partial charge in [0.1, 0.15) is 12.4 Å². The molecule has 0 saturated carbocycles. The van der Waals surface area contributed by atoms with Crippen LogP contribution in [0.2, 0.25) is 5.02 Å². The molecule has 1 aromatic carbocycles. The molecular weight excluding hydrogens is 414 g/mol. The molecule has 2 N–H and O–H groups in total. The van der Waals surface area contributed by atoms with Gasteiger partial charge in [-0.1, -0.05) is 24.1 Å². The summed E-state index contributed by atoms with van der Waals surface area (Å²) in [6.45, 7) is 4.16. The quantitative estimate of drug-likeness (QED) is 0.749. The molecule has 1 aromatic heterocycles. The third-order valence-electron chi connectivity index (χ3n) is 4.64. The number of aromatic nitrogens is 2. The Bertz CT molecular complexity index is 1050. The van der Waals surface area contributed by atoms with Crippen molar-refractivity contribution in [2.75, 3.05) is 11.9 Å². The lowest BCUT2D eigenvalue weighted by Gasteiger charge is -2.11. The van der Waals surface area contributed by atoms with Crippen molar-refractivity contribution < 1.29 is 13.2 Å². The molecule has 0 bridgehead atoms. The molecule has 10 heteroatoms. The van der Waals surface area contributed by atoms with Crippen molar-refractivity contribution in [1.29, 1.82) is 0 Å². The van der Waals surface area contributed by atoms with Crippen molar-refractivity contribution >= 4 is 39.1 Å². The van der Waals surface area contributed by atoms with Crippen molar-refractivity contribution in [3.8, 4) is 0 Å². The summed E-state index contributed by atoms with van der Waals surface area (Å²) in [5.41, 5.74) is 1.73. The number of anilines is 1. The van der Waals surface area contributed by atoms with Crippen molar-refractivity contribution in [2.45, 2.75) is 51.0 Å². The van der Waals surface area contributed by atoms with E-state index in [4.69, 9.17) is 11.6 Å². The maximum absolute atomic E-state index is 12.7. The predicted molar refractivity (Wildman–Crippen MR) is 113 cm³/mol. The van der Waals surface area contributed by atoms with Crippen molar-refractivity contribution in [2.24, 2.45) is 4.99 Å². The van der Waals surface area contributed by atoms with Gasteiger partial charge in [0.15, 0.2) is 0 Å². The number of carbonyl (C=O) groups is 1. The van der Waals surface area contributed by atoms with E-state index < -0.39 is 10.0 Å². The molecule has 2 aromatic rings. The summed E-state index contributed by atoms with van der Waals surface area (Å²) in [6, 6.07) is 6.12. The van der Waals surface area contributed by atoms with Crippen LogP contribution < -0.4 is 10.0 Å². The predicted octanol–water partition coefficient (Wildman–Crippen LogP) is 3.04. The zero-order chi connectivity index (χ0) is 21.0. The minimum Gasteiger partial charge on any atom is -0.324 e. The standard InChI is InChI=1S/C19H24ClN5O3S/c1-13-19(20)14(2)25(23-13)12-18(26)22-15-7-6-8-16(11-15)29(27,28)24-17-9-4-3-5-10-21-17/h6-8,11H,3-5,9-10,12H2,1-2H3,(H,21,24)(H,22,26). The lowest BCUT2D eigenvalue weighted by Crippen LogP contribution is -2.30. The molecule has 2 heterocycles. The first kappa shape index (κ1) is 21.3. The number of halogens is 1. The van der Waals surface area contributed by atoms with Gasteiger partial charge in [-0.05, 0) is 44.9 Å². The van der Waals surface area contributed by atoms with Crippen molar-refractivity contribution in [1.82, 2.24) is 14.5 Å². The highest BCUT2D eigenvalue weighted by molar-refractivity contribution is 7.90. The summed E-state index contributed by atoms with van der Waals surface area (Å²) in [5, 5.41) is 7.46. The lowest BCUT2D eigenvalue weighted by molar-refractivity contribution is -0.116. The summed E-state index contributed by atoms with van der Waals surface area (Å²) in [4.78, 5) is 16.7. The Kier molecular flexibility index (Phi) is 6.59. The van der Waals surface area contributed by atoms with Crippen LogP contribution in [0.4, 0.5) is 5.69 Å². The third-order valence-corrected chi connectivity index (χ3v) is 6.57. The Labute approximate surface area is 175 Å². The topological polar surface area (TPSA) is 105 Å². The Morgan fingerprint density at radius 1 is 1.24 bits per heavy atom. The molecule has 0 radical (unpaired) electrons. The number of sulfonamides is 1. The second-order valence-corrected chi connectivity index (χ2v) is 9.02. The normalized spacial score (nSPS) is 14.8. The molecule has 0 spiro atoms. The number of aryl methyl sites for hydroxylation is 1. The maximum Gasteiger partial charge on any atom is 0.262 e. The number of amidine groups is 1. The van der Waals surface area contributed by atoms with Gasteiger partial charge in [-0.3, -0.25) is 19.2 Å². The van der Waals surface area contributed by atoms with Gasteiger partial charge < -0.3 is 5.32 Å². The van der Waals surface area contributed by atoms with Crippen LogP contribution in [0.15, 0.2) is 34.2 Å². The zero-order valence-electron chi connectivity index (χ0n) is 16.4. The van der Waals surface area contributed by atoms with Gasteiger partial charge in [-0.15, -0.1) is 0 Å². The van der Waals surface area contributed by atoms with E-state index in [9.17, 15) is 13.2 Å². The Morgan fingerprint density at radius 2 is 2.03 bits per heavy atom. The van der Waals surface area contributed by atoms with Gasteiger partial charge in [0, 0.05) is 18.7 Å². The maximum atomic E-state index is 12.7. The molecule has 1 aliphatic rings. The Morgan fingerprint density at radius 3 is 2.76 bits per heavy atom. The summed E-state index contributed by atoms with van der Waals surface area (Å²) >= 11 is 6.10. The molecule has 156 valence electrons. The first-order valence-corrected chi connectivity index (χ1v) is 11.3. The molecule has 0 saturated heterocycles. The highest BCUT2D eigenvalue weighted by atomic mass is 35.5. The molecular formula is C19H24ClN5O3S. The molecule has 3 rings (SSSR count). The fourth-order valence-corrected chi connectivity index (χ4v) is 4.35. The minimum absolute atomic E-state index is 0.0224. The van der Waals surface area contributed by atoms with Crippen LogP contribution in [0.25, 0.3) is 0 Å². The fourth-order valence-electron chi connectivity index (χ4n) is 3.08. The van der Waals surface area contributed by atoms with Gasteiger partial charge in [-0.2, -0.15) is 5.10 Å². The van der Waals surface area contributed by atoms with E-state index in [1.807, 2.05) is 0 Å². The van der Waals surface area contributed by atoms with Crippen LogP contribution in [0, 0.1) is 13.8 Å². The van der Waals surface area contributed by atoms with Gasteiger partial charge in [0.25, 0.3) is 10.0 Å². The average Bonchev–Trinajstić information content (AvgIpc) is 2.86. The van der Waals surface area contributed by atoms with Crippen LogP contribution in [0.1, 0.15) is 37.1 Å². The third kappa shape index (κ3) is 5.36. The fraction of sp³-hybridized carbons (Fsp3) is 0.421. The van der Waals surface area contributed by atoms with E-state index in [1.165, 1.54) is 16.8 Å². The first-order valence-electron chi connectivity index (χ1n) is 9.42. The second-order valence-electron chi connectivity index (χ2n) is 6.96. The smallest absolute Gasteiger partial charge is 0.262 e. The highest BCUT2D eigenvalue weighted by Crippen LogP contribution is 2.20. The van der Waals surface area contributed by atoms with Crippen LogP contribution >= 0.6 is 11.6 Å². The monoisotopic (exact) mass is 437 g/mol. The molecule has 0 unspecified atom stereocenters. The van der Waals surface area contributed by atoms with E-state index in [0.29, 0.717) is 40.9 Å². The first-order chi connectivity index (χ1) is 13.8. The van der Waals surface area contributed by atoms with Gasteiger partial charge >= 0.3 is 0 Å². The van der Waals surface area contributed by atoms with Gasteiger partial charge in [0.2, 0.25) is 5.91 Å². The van der Waals surface area contributed by atoms with Crippen molar-refractivity contribution in [3.63, 3.8) is 0 Å². The SMILES string of the molecule is Cc1nn(CC(=O)Nc2cccc(S(=O)(=O)NC3=NCCCCC3)c2)c(C)c1Cl. The Balaban J connectivity index is 1.70. The average molecular weight is 438 g/mol. The van der Waals surface area contributed by atoms with E-state index in [2.05, 4.69) is 20.1 Å². The number of hydrogen-bond acceptors (Lipinski definition) is 5. The number of hydrogen-bond donors (Lipinski definition) is 2. The Hall–Kier alpha value is -2.39. The summed E-state index contributed by atoms with van der Waals surface area (Å²) in [6.07, 6.45) is 3.53. The number of nitrogens with one attached hydrogen (secondary N) is 2. The van der Waals surface area contributed by atoms with E-state index >= 15 is 0 Å². The number of amides is 1. The van der Waals surface area contributed by atoms with E-state index in [1.54, 1.807) is 26.0 Å². The highest BCUT2D eigenvalue weighted by Gasteiger charge is 2.18. The number of benzene rings is 1. The van der Waals surface area contributed by atoms with Crippen LogP contribution in [0.3, 0.4) is 0 Å². The van der Waals surface area contributed by atoms with Crippen LogP contribution in [0.5, 0.6) is 0 Å². The van der Waals surface area contributed by atoms with Crippen LogP contribution in [-0.2, 0) is 21.4 Å². The summed E-state index contributed by atoms with van der Waals surface area (Å²) in [7, 11) is -3.77. The number of nitrogens with zero attached hydrogens (tertiary/aromatic N) is 3. The van der Waals surface area contributed by atoms with Crippen LogP contribution in [-0.4, -0.2) is 36.5 Å². The lowest BCUT2D eigenvalue weighted by atomic mass is 10.2. The second kappa shape index (κ2) is 8.96. The summed E-state index contributed by atoms with van der Waals surface area (Å²) < 4.78 is 29.5. The summed E-state index contributed by atoms with van der Waals surface area (Å²) in [5.74, 6) is 0.154. The zero-order valence-corrected chi connectivity index (χ0v) is 18.0. The molecule has 29 heavy (non-hydrogen) atoms. The van der Waals surface area contributed by atoms with Gasteiger partial charge in [-0.25, -0.2) is 8.42 Å². The molecule has 8 nitrogen and oxygen atoms in total. The van der Waals surface area contributed by atoms with E-state index in [-0.39, 0.29) is 17.3 Å². The molecule has 0 aliphatic carbocycles. The molecule has 1 aliphatic heterocycles. The van der Waals surface area contributed by atoms with E-state index in [0.717, 1.165) is 19.3 Å². The van der Waals surface area contributed by atoms with Gasteiger partial charge in [0.05, 0.1) is 21.3 Å². The van der Waals surface area contributed by atoms with Crippen molar-refractivity contribution in [3.05, 3.63) is 40.7 Å². The minimum atomic E-state index is -3.77.